The van der Waals surface area contributed by atoms with Crippen LogP contribution in [-0.4, -0.2) is 39.7 Å². The van der Waals surface area contributed by atoms with E-state index in [-0.39, 0.29) is 0 Å². The molecule has 1 aliphatic heterocycles. The van der Waals surface area contributed by atoms with Gasteiger partial charge in [-0.2, -0.15) is 0 Å². The monoisotopic (exact) mass is 345 g/mol. The largest absolute Gasteiger partial charge is 0.378 e. The van der Waals surface area contributed by atoms with Crippen molar-refractivity contribution < 1.29 is 13.2 Å². The van der Waals surface area contributed by atoms with Crippen molar-refractivity contribution in [2.45, 2.75) is 0 Å². The lowest BCUT2D eigenvalue weighted by Gasteiger charge is -2.29. The second-order valence-electron chi connectivity index (χ2n) is 5.33. The summed E-state index contributed by atoms with van der Waals surface area (Å²) in [6.45, 7) is 2.59. The second kappa shape index (κ2) is 7.46. The van der Waals surface area contributed by atoms with Gasteiger partial charge >= 0.3 is 0 Å². The number of anilines is 2. The minimum Gasteiger partial charge on any atom is -0.378 e. The number of aromatic nitrogens is 1. The number of pyridine rings is 1. The Balaban J connectivity index is 1.78. The normalized spacial score (nSPS) is 15.6. The number of hydrogen-bond donors (Lipinski definition) is 1. The number of morpholine rings is 1. The van der Waals surface area contributed by atoms with Crippen LogP contribution in [0.25, 0.3) is 6.08 Å². The fourth-order valence-corrected chi connectivity index (χ4v) is 3.29. The highest BCUT2D eigenvalue weighted by molar-refractivity contribution is 7.95. The fourth-order valence-electron chi connectivity index (χ4n) is 2.42. The van der Waals surface area contributed by atoms with Crippen molar-refractivity contribution in [3.63, 3.8) is 0 Å². The average Bonchev–Trinajstić information content (AvgIpc) is 2.62. The highest BCUT2D eigenvalue weighted by Gasteiger charge is 2.18. The van der Waals surface area contributed by atoms with Gasteiger partial charge in [0, 0.05) is 19.3 Å². The Labute approximate surface area is 141 Å². The van der Waals surface area contributed by atoms with Gasteiger partial charge in [0.25, 0.3) is 10.0 Å². The topological polar surface area (TPSA) is 71.5 Å². The van der Waals surface area contributed by atoms with Gasteiger partial charge in [0.2, 0.25) is 0 Å². The molecule has 1 fully saturated rings. The van der Waals surface area contributed by atoms with Gasteiger partial charge < -0.3 is 9.64 Å². The van der Waals surface area contributed by atoms with E-state index < -0.39 is 10.0 Å². The molecule has 24 heavy (non-hydrogen) atoms. The summed E-state index contributed by atoms with van der Waals surface area (Å²) in [6.07, 6.45) is 3.22. The van der Waals surface area contributed by atoms with E-state index in [2.05, 4.69) is 9.71 Å². The SMILES string of the molecule is O=S(=O)(/C=C\c1ccccc1)Nc1cccnc1N1CCOCC1. The molecule has 0 spiro atoms. The maximum atomic E-state index is 12.3. The molecule has 0 saturated carbocycles. The molecule has 1 aromatic heterocycles. The van der Waals surface area contributed by atoms with Crippen LogP contribution in [0.3, 0.4) is 0 Å². The minimum atomic E-state index is -3.62. The van der Waals surface area contributed by atoms with Gasteiger partial charge in [0.15, 0.2) is 5.82 Å². The molecule has 2 aromatic rings. The number of nitrogens with one attached hydrogen (secondary N) is 1. The summed E-state index contributed by atoms with van der Waals surface area (Å²) in [4.78, 5) is 6.34. The van der Waals surface area contributed by atoms with Gasteiger partial charge in [0.1, 0.15) is 0 Å². The molecule has 1 saturated heterocycles. The van der Waals surface area contributed by atoms with Crippen molar-refractivity contribution in [3.05, 3.63) is 59.6 Å². The van der Waals surface area contributed by atoms with Crippen LogP contribution in [0.15, 0.2) is 54.1 Å². The first kappa shape index (κ1) is 16.5. The van der Waals surface area contributed by atoms with Crippen molar-refractivity contribution in [2.75, 3.05) is 35.9 Å². The summed E-state index contributed by atoms with van der Waals surface area (Å²) in [6, 6.07) is 12.7. The minimum absolute atomic E-state index is 0.470. The molecule has 0 aliphatic carbocycles. The van der Waals surface area contributed by atoms with Crippen LogP contribution in [0.2, 0.25) is 0 Å². The maximum absolute atomic E-state index is 12.3. The van der Waals surface area contributed by atoms with Crippen molar-refractivity contribution >= 4 is 27.6 Å². The Morgan fingerprint density at radius 3 is 2.58 bits per heavy atom. The smallest absolute Gasteiger partial charge is 0.255 e. The van der Waals surface area contributed by atoms with E-state index in [1.54, 1.807) is 24.4 Å². The fraction of sp³-hybridized carbons (Fsp3) is 0.235. The van der Waals surface area contributed by atoms with Crippen LogP contribution in [-0.2, 0) is 14.8 Å². The van der Waals surface area contributed by atoms with E-state index in [9.17, 15) is 8.42 Å². The number of hydrogen-bond acceptors (Lipinski definition) is 5. The molecule has 0 bridgehead atoms. The predicted octanol–water partition coefficient (Wildman–Crippen LogP) is 2.33. The summed E-state index contributed by atoms with van der Waals surface area (Å²) >= 11 is 0. The third kappa shape index (κ3) is 4.33. The van der Waals surface area contributed by atoms with Crippen LogP contribution in [0.5, 0.6) is 0 Å². The standard InChI is InChI=1S/C17H19N3O3S/c21-24(22,14-8-15-5-2-1-3-6-15)19-16-7-4-9-18-17(16)20-10-12-23-13-11-20/h1-9,14,19H,10-13H2/b14-8-. The lowest BCUT2D eigenvalue weighted by atomic mass is 10.2. The molecule has 1 aromatic carbocycles. The predicted molar refractivity (Wildman–Crippen MR) is 95.3 cm³/mol. The Morgan fingerprint density at radius 1 is 1.08 bits per heavy atom. The summed E-state index contributed by atoms with van der Waals surface area (Å²) in [5.41, 5.74) is 1.29. The molecule has 6 nitrogen and oxygen atoms in total. The van der Waals surface area contributed by atoms with E-state index in [0.717, 1.165) is 5.56 Å². The van der Waals surface area contributed by atoms with E-state index in [1.165, 1.54) is 5.41 Å². The summed E-state index contributed by atoms with van der Waals surface area (Å²) in [5, 5.41) is 1.17. The highest BCUT2D eigenvalue weighted by Crippen LogP contribution is 2.24. The van der Waals surface area contributed by atoms with Crippen LogP contribution in [0, 0.1) is 0 Å². The van der Waals surface area contributed by atoms with Gasteiger partial charge in [-0.25, -0.2) is 13.4 Å². The molecule has 7 heteroatoms. The first-order chi connectivity index (χ1) is 11.6. The molecule has 126 valence electrons. The number of nitrogens with zero attached hydrogens (tertiary/aromatic N) is 2. The lowest BCUT2D eigenvalue weighted by molar-refractivity contribution is 0.122. The number of rotatable bonds is 5. The molecule has 0 atom stereocenters. The van der Waals surface area contributed by atoms with Crippen molar-refractivity contribution in [3.8, 4) is 0 Å². The molecule has 0 radical (unpaired) electrons. The quantitative estimate of drug-likeness (QED) is 0.900. The Morgan fingerprint density at radius 2 is 1.83 bits per heavy atom. The molecule has 3 rings (SSSR count). The second-order valence-corrected chi connectivity index (χ2v) is 6.90. The van der Waals surface area contributed by atoms with Crippen molar-refractivity contribution in [1.29, 1.82) is 0 Å². The number of sulfonamides is 1. The average molecular weight is 345 g/mol. The summed E-state index contributed by atoms with van der Waals surface area (Å²) < 4.78 is 32.6. The third-order valence-electron chi connectivity index (χ3n) is 3.59. The van der Waals surface area contributed by atoms with Crippen LogP contribution in [0.1, 0.15) is 5.56 Å². The zero-order valence-electron chi connectivity index (χ0n) is 13.1. The maximum Gasteiger partial charge on any atom is 0.255 e. The van der Waals surface area contributed by atoms with Gasteiger partial charge in [-0.3, -0.25) is 4.72 Å². The molecule has 1 aliphatic rings. The zero-order valence-corrected chi connectivity index (χ0v) is 13.9. The Bertz CT molecular complexity index is 801. The molecule has 2 heterocycles. The number of benzene rings is 1. The van der Waals surface area contributed by atoms with Crippen LogP contribution < -0.4 is 9.62 Å². The van der Waals surface area contributed by atoms with E-state index >= 15 is 0 Å². The third-order valence-corrected chi connectivity index (χ3v) is 4.59. The Kier molecular flexibility index (Phi) is 5.12. The van der Waals surface area contributed by atoms with Crippen LogP contribution in [0.4, 0.5) is 11.5 Å². The molecular formula is C17H19N3O3S. The van der Waals surface area contributed by atoms with Gasteiger partial charge in [-0.1, -0.05) is 30.3 Å². The van der Waals surface area contributed by atoms with E-state index in [0.29, 0.717) is 37.8 Å². The lowest BCUT2D eigenvalue weighted by Crippen LogP contribution is -2.37. The summed E-state index contributed by atoms with van der Waals surface area (Å²) in [7, 11) is -3.62. The molecule has 0 unspecified atom stereocenters. The van der Waals surface area contributed by atoms with Crippen molar-refractivity contribution in [1.82, 2.24) is 4.98 Å². The van der Waals surface area contributed by atoms with Gasteiger partial charge in [0.05, 0.1) is 24.3 Å². The van der Waals surface area contributed by atoms with E-state index in [1.807, 2.05) is 35.2 Å². The highest BCUT2D eigenvalue weighted by atomic mass is 32.2. The molecule has 1 N–H and O–H groups in total. The summed E-state index contributed by atoms with van der Waals surface area (Å²) in [5.74, 6) is 0.623. The van der Waals surface area contributed by atoms with Crippen LogP contribution >= 0.6 is 0 Å². The number of ether oxygens (including phenoxy) is 1. The van der Waals surface area contributed by atoms with E-state index in [4.69, 9.17) is 4.74 Å². The first-order valence-corrected chi connectivity index (χ1v) is 9.22. The van der Waals surface area contributed by atoms with Gasteiger partial charge in [-0.05, 0) is 23.8 Å². The molecular weight excluding hydrogens is 326 g/mol. The van der Waals surface area contributed by atoms with Gasteiger partial charge in [-0.15, -0.1) is 0 Å². The van der Waals surface area contributed by atoms with Crippen molar-refractivity contribution in [2.24, 2.45) is 0 Å². The zero-order chi connectivity index (χ0) is 16.8. The first-order valence-electron chi connectivity index (χ1n) is 7.68. The molecule has 0 amide bonds. The Hall–Kier alpha value is -2.38.